The van der Waals surface area contributed by atoms with Gasteiger partial charge in [0.15, 0.2) is 0 Å². The molecule has 2 nitrogen and oxygen atoms in total. The van der Waals surface area contributed by atoms with Gasteiger partial charge in [-0.1, -0.05) is 12.1 Å². The van der Waals surface area contributed by atoms with Crippen LogP contribution in [0.2, 0.25) is 0 Å². The first-order chi connectivity index (χ1) is 8.03. The lowest BCUT2D eigenvalue weighted by atomic mass is 10.1. The normalized spacial score (nSPS) is 15.9. The van der Waals surface area contributed by atoms with Gasteiger partial charge in [-0.2, -0.15) is 0 Å². The van der Waals surface area contributed by atoms with Gasteiger partial charge in [0.2, 0.25) is 0 Å². The summed E-state index contributed by atoms with van der Waals surface area (Å²) < 4.78 is 39.5. The molecule has 17 heavy (non-hydrogen) atoms. The first kappa shape index (κ1) is 12.2. The van der Waals surface area contributed by atoms with Crippen molar-refractivity contribution in [2.75, 3.05) is 6.54 Å². The number of nitrogens with one attached hydrogen (secondary N) is 1. The zero-order valence-electron chi connectivity index (χ0n) is 9.26. The van der Waals surface area contributed by atoms with Crippen molar-refractivity contribution in [3.05, 3.63) is 29.8 Å². The molecule has 0 bridgehead atoms. The molecule has 0 amide bonds. The van der Waals surface area contributed by atoms with Gasteiger partial charge in [0, 0.05) is 6.04 Å². The molecule has 0 unspecified atom stereocenters. The molecule has 0 aliphatic heterocycles. The van der Waals surface area contributed by atoms with Crippen LogP contribution in [0.25, 0.3) is 0 Å². The van der Waals surface area contributed by atoms with E-state index in [0.29, 0.717) is 6.04 Å². The molecule has 1 fully saturated rings. The second-order valence-electron chi connectivity index (χ2n) is 4.17. The van der Waals surface area contributed by atoms with Crippen LogP contribution in [0.15, 0.2) is 24.3 Å². The molecule has 1 aliphatic rings. The summed E-state index contributed by atoms with van der Waals surface area (Å²) in [5.41, 5.74) is 1.01. The number of halogens is 3. The van der Waals surface area contributed by atoms with Gasteiger partial charge >= 0.3 is 6.36 Å². The van der Waals surface area contributed by atoms with Crippen molar-refractivity contribution in [1.29, 1.82) is 0 Å². The maximum Gasteiger partial charge on any atom is 0.573 e. The van der Waals surface area contributed by atoms with Crippen LogP contribution in [0.4, 0.5) is 13.2 Å². The van der Waals surface area contributed by atoms with E-state index in [0.717, 1.165) is 18.5 Å². The van der Waals surface area contributed by atoms with E-state index in [-0.39, 0.29) is 5.75 Å². The van der Waals surface area contributed by atoms with Gasteiger partial charge in [0.05, 0.1) is 0 Å². The molecule has 0 heterocycles. The van der Waals surface area contributed by atoms with Crippen molar-refractivity contribution in [1.82, 2.24) is 5.32 Å². The number of hydrogen-bond acceptors (Lipinski definition) is 2. The molecular formula is C12H14F3NO. The minimum Gasteiger partial charge on any atom is -0.406 e. The number of ether oxygens (including phenoxy) is 1. The second-order valence-corrected chi connectivity index (χ2v) is 4.17. The second kappa shape index (κ2) is 4.96. The molecule has 1 aromatic carbocycles. The minimum absolute atomic E-state index is 0.170. The first-order valence-corrected chi connectivity index (χ1v) is 5.61. The van der Waals surface area contributed by atoms with E-state index in [9.17, 15) is 13.2 Å². The Labute approximate surface area is 97.8 Å². The van der Waals surface area contributed by atoms with Gasteiger partial charge in [0.1, 0.15) is 5.75 Å². The highest BCUT2D eigenvalue weighted by Crippen LogP contribution is 2.23. The molecular weight excluding hydrogens is 231 g/mol. The Morgan fingerprint density at radius 2 is 1.82 bits per heavy atom. The smallest absolute Gasteiger partial charge is 0.406 e. The Kier molecular flexibility index (Phi) is 3.57. The summed E-state index contributed by atoms with van der Waals surface area (Å²) in [7, 11) is 0. The summed E-state index contributed by atoms with van der Waals surface area (Å²) >= 11 is 0. The van der Waals surface area contributed by atoms with E-state index in [2.05, 4.69) is 10.1 Å². The predicted octanol–water partition coefficient (Wildman–Crippen LogP) is 2.88. The van der Waals surface area contributed by atoms with Crippen LogP contribution < -0.4 is 10.1 Å². The molecule has 1 aromatic rings. The van der Waals surface area contributed by atoms with Crippen LogP contribution in [0.5, 0.6) is 5.75 Å². The molecule has 0 spiro atoms. The molecule has 0 radical (unpaired) electrons. The van der Waals surface area contributed by atoms with E-state index in [4.69, 9.17) is 0 Å². The third kappa shape index (κ3) is 4.65. The predicted molar refractivity (Wildman–Crippen MR) is 57.9 cm³/mol. The Bertz CT molecular complexity index is 357. The lowest BCUT2D eigenvalue weighted by molar-refractivity contribution is -0.274. The van der Waals surface area contributed by atoms with E-state index in [1.54, 1.807) is 12.1 Å². The highest BCUT2D eigenvalue weighted by molar-refractivity contribution is 5.27. The van der Waals surface area contributed by atoms with Gasteiger partial charge in [-0.05, 0) is 43.5 Å². The molecule has 0 atom stereocenters. The maximum atomic E-state index is 11.9. The van der Waals surface area contributed by atoms with Crippen LogP contribution >= 0.6 is 0 Å². The molecule has 1 aliphatic carbocycles. The van der Waals surface area contributed by atoms with Gasteiger partial charge in [0.25, 0.3) is 0 Å². The van der Waals surface area contributed by atoms with Gasteiger partial charge in [-0.15, -0.1) is 13.2 Å². The summed E-state index contributed by atoms with van der Waals surface area (Å²) in [6.07, 6.45) is -1.32. The quantitative estimate of drug-likeness (QED) is 0.861. The Morgan fingerprint density at radius 1 is 1.18 bits per heavy atom. The highest BCUT2D eigenvalue weighted by Gasteiger charge is 2.30. The summed E-state index contributed by atoms with van der Waals surface area (Å²) in [6.45, 7) is 0.865. The van der Waals surface area contributed by atoms with Crippen LogP contribution in [0, 0.1) is 0 Å². The van der Waals surface area contributed by atoms with E-state index in [1.165, 1.54) is 25.0 Å². The van der Waals surface area contributed by atoms with E-state index >= 15 is 0 Å². The molecule has 0 saturated heterocycles. The zero-order valence-corrected chi connectivity index (χ0v) is 9.26. The number of rotatable bonds is 5. The molecule has 0 aromatic heterocycles. The lowest BCUT2D eigenvalue weighted by Gasteiger charge is -2.09. The van der Waals surface area contributed by atoms with Crippen LogP contribution in [-0.2, 0) is 6.42 Å². The molecule has 1 N–H and O–H groups in total. The van der Waals surface area contributed by atoms with Crippen molar-refractivity contribution in [2.24, 2.45) is 0 Å². The molecule has 5 heteroatoms. The van der Waals surface area contributed by atoms with Crippen molar-refractivity contribution in [3.63, 3.8) is 0 Å². The fourth-order valence-electron chi connectivity index (χ4n) is 1.57. The summed E-state index contributed by atoms with van der Waals surface area (Å²) in [5.74, 6) is -0.170. The Hall–Kier alpha value is -1.23. The topological polar surface area (TPSA) is 21.3 Å². The highest BCUT2D eigenvalue weighted by atomic mass is 19.4. The largest absolute Gasteiger partial charge is 0.573 e. The number of hydrogen-bond donors (Lipinski definition) is 1. The zero-order chi connectivity index (χ0) is 12.3. The molecule has 2 rings (SSSR count). The minimum atomic E-state index is -4.62. The van der Waals surface area contributed by atoms with Gasteiger partial charge < -0.3 is 10.1 Å². The fraction of sp³-hybridized carbons (Fsp3) is 0.500. The summed E-state index contributed by atoms with van der Waals surface area (Å²) in [6, 6.07) is 6.67. The summed E-state index contributed by atoms with van der Waals surface area (Å²) in [4.78, 5) is 0. The van der Waals surface area contributed by atoms with Crippen molar-refractivity contribution in [3.8, 4) is 5.75 Å². The fourth-order valence-corrected chi connectivity index (χ4v) is 1.57. The SMILES string of the molecule is FC(F)(F)Oc1ccc(CCNC2CC2)cc1. The molecule has 94 valence electrons. The number of benzene rings is 1. The monoisotopic (exact) mass is 245 g/mol. The maximum absolute atomic E-state index is 11.9. The van der Waals surface area contributed by atoms with E-state index < -0.39 is 6.36 Å². The Morgan fingerprint density at radius 3 is 2.35 bits per heavy atom. The van der Waals surface area contributed by atoms with Crippen molar-refractivity contribution >= 4 is 0 Å². The van der Waals surface area contributed by atoms with Gasteiger partial charge in [-0.25, -0.2) is 0 Å². The van der Waals surface area contributed by atoms with Crippen LogP contribution in [-0.4, -0.2) is 18.9 Å². The first-order valence-electron chi connectivity index (χ1n) is 5.61. The lowest BCUT2D eigenvalue weighted by Crippen LogP contribution is -2.19. The summed E-state index contributed by atoms with van der Waals surface area (Å²) in [5, 5.41) is 3.35. The third-order valence-electron chi connectivity index (χ3n) is 2.58. The van der Waals surface area contributed by atoms with E-state index in [1.807, 2.05) is 0 Å². The third-order valence-corrected chi connectivity index (χ3v) is 2.58. The Balaban J connectivity index is 1.79. The molecule has 1 saturated carbocycles. The van der Waals surface area contributed by atoms with Crippen LogP contribution in [0.3, 0.4) is 0 Å². The van der Waals surface area contributed by atoms with Crippen molar-refractivity contribution in [2.45, 2.75) is 31.7 Å². The average Bonchev–Trinajstić information content (AvgIpc) is 3.02. The average molecular weight is 245 g/mol. The standard InChI is InChI=1S/C12H14F3NO/c13-12(14,15)17-11-5-1-9(2-6-11)7-8-16-10-3-4-10/h1-2,5-6,10,16H,3-4,7-8H2. The van der Waals surface area contributed by atoms with Crippen LogP contribution in [0.1, 0.15) is 18.4 Å². The van der Waals surface area contributed by atoms with Crippen molar-refractivity contribution < 1.29 is 17.9 Å². The number of alkyl halides is 3. The van der Waals surface area contributed by atoms with Gasteiger partial charge in [-0.3, -0.25) is 0 Å².